The molecule has 2 aromatic heterocycles. The summed E-state index contributed by atoms with van der Waals surface area (Å²) in [6.07, 6.45) is 3.29. The average Bonchev–Trinajstić information content (AvgIpc) is 3.79. The molecule has 44 heavy (non-hydrogen) atoms. The predicted molar refractivity (Wildman–Crippen MR) is 168 cm³/mol. The van der Waals surface area contributed by atoms with Crippen LogP contribution in [0.3, 0.4) is 0 Å². The number of rotatable bonds is 8. The Balaban J connectivity index is 1.37. The molecule has 0 aliphatic carbocycles. The first-order valence-electron chi connectivity index (χ1n) is 14.4. The van der Waals surface area contributed by atoms with Gasteiger partial charge in [0.15, 0.2) is 11.5 Å². The summed E-state index contributed by atoms with van der Waals surface area (Å²) in [5.41, 5.74) is 4.54. The molecule has 0 spiro atoms. The molecule has 8 heteroatoms. The van der Waals surface area contributed by atoms with E-state index >= 15 is 0 Å². The smallest absolute Gasteiger partial charge is 0.227 e. The van der Waals surface area contributed by atoms with Gasteiger partial charge in [-0.2, -0.15) is 0 Å². The predicted octanol–water partition coefficient (Wildman–Crippen LogP) is 9.10. The Morgan fingerprint density at radius 2 is 1.00 bits per heavy atom. The molecule has 0 bridgehead atoms. The Morgan fingerprint density at radius 1 is 0.568 bits per heavy atom. The lowest BCUT2D eigenvalue weighted by atomic mass is 9.94. The third-order valence-corrected chi connectivity index (χ3v) is 7.51. The maximum absolute atomic E-state index is 6.61. The van der Waals surface area contributed by atoms with E-state index in [9.17, 15) is 0 Å². The van der Waals surface area contributed by atoms with Crippen LogP contribution in [-0.2, 0) is 0 Å². The van der Waals surface area contributed by atoms with E-state index in [1.165, 1.54) is 0 Å². The second-order valence-corrected chi connectivity index (χ2v) is 10.2. The fraction of sp³-hybridized carbons (Fsp3) is 0.111. The van der Waals surface area contributed by atoms with Crippen LogP contribution in [0.25, 0.3) is 33.4 Å². The maximum Gasteiger partial charge on any atom is 0.227 e. The highest BCUT2D eigenvalue weighted by molar-refractivity contribution is 6.20. The van der Waals surface area contributed by atoms with Crippen molar-refractivity contribution in [2.75, 3.05) is 13.2 Å². The summed E-state index contributed by atoms with van der Waals surface area (Å²) in [6, 6.07) is 26.9. The normalized spacial score (nSPS) is 13.1. The summed E-state index contributed by atoms with van der Waals surface area (Å²) in [4.78, 5) is 10.0. The summed E-state index contributed by atoms with van der Waals surface area (Å²) in [5, 5.41) is 1.56. The molecule has 4 heterocycles. The van der Waals surface area contributed by atoms with Crippen molar-refractivity contribution in [1.82, 2.24) is 0 Å². The van der Waals surface area contributed by atoms with Crippen LogP contribution in [0.4, 0.5) is 11.4 Å². The molecule has 4 aromatic carbocycles. The van der Waals surface area contributed by atoms with Gasteiger partial charge in [0.25, 0.3) is 0 Å². The number of nitrogens with zero attached hydrogens (tertiary/aromatic N) is 2. The van der Waals surface area contributed by atoms with Gasteiger partial charge in [0.05, 0.1) is 59.0 Å². The summed E-state index contributed by atoms with van der Waals surface area (Å²) in [7, 11) is 0. The van der Waals surface area contributed by atoms with Crippen LogP contribution in [0.1, 0.15) is 25.0 Å². The lowest BCUT2D eigenvalue weighted by Gasteiger charge is -2.26. The molecule has 0 N–H and O–H groups in total. The van der Waals surface area contributed by atoms with Gasteiger partial charge in [-0.3, -0.25) is 0 Å². The van der Waals surface area contributed by atoms with Crippen LogP contribution in [0.15, 0.2) is 116 Å². The lowest BCUT2D eigenvalue weighted by molar-refractivity contribution is 0.340. The molecule has 6 aromatic rings. The number of hydrogen-bond donors (Lipinski definition) is 0. The van der Waals surface area contributed by atoms with Crippen LogP contribution in [0, 0.1) is 0 Å². The summed E-state index contributed by atoms with van der Waals surface area (Å²) in [6.45, 7) is 5.09. The standard InChI is InChI=1S/C36H26N2O6/c1-3-39-23-13-9-21(10-14-23)35-37-27-19-26(30-8-6-18-42-30)34-32-28(20-25(29-7-5-17-41-29)33(43-35)31(27)32)38-36(44-34)22-11-15-24(16-12-22)40-4-2/h5-20H,3-4H2,1-2H3. The number of aliphatic imine (C=N–C) groups is 2. The summed E-state index contributed by atoms with van der Waals surface area (Å²) in [5.74, 6) is 5.00. The minimum Gasteiger partial charge on any atom is -0.494 e. The molecule has 216 valence electrons. The van der Waals surface area contributed by atoms with E-state index in [2.05, 4.69) is 0 Å². The van der Waals surface area contributed by atoms with E-state index in [-0.39, 0.29) is 0 Å². The SMILES string of the molecule is CCOc1ccc(C2=Nc3cc(-c4ccco4)c4c5c(cc(-c6ccco6)c(c35)O2)N=C(c2ccc(OCC)cc2)O4)cc1. The molecule has 0 radical (unpaired) electrons. The van der Waals surface area contributed by atoms with Gasteiger partial charge < -0.3 is 27.8 Å². The Morgan fingerprint density at radius 3 is 1.36 bits per heavy atom. The second kappa shape index (κ2) is 10.5. The van der Waals surface area contributed by atoms with Gasteiger partial charge in [0.1, 0.15) is 23.0 Å². The van der Waals surface area contributed by atoms with Crippen LogP contribution in [0.5, 0.6) is 23.0 Å². The third-order valence-electron chi connectivity index (χ3n) is 7.51. The van der Waals surface area contributed by atoms with Crippen molar-refractivity contribution < 1.29 is 27.8 Å². The van der Waals surface area contributed by atoms with Gasteiger partial charge in [-0.25, -0.2) is 9.98 Å². The first-order valence-corrected chi connectivity index (χ1v) is 14.4. The molecular formula is C36H26N2O6. The van der Waals surface area contributed by atoms with Crippen molar-refractivity contribution in [2.45, 2.75) is 13.8 Å². The highest BCUT2D eigenvalue weighted by atomic mass is 16.5. The molecule has 0 saturated heterocycles. The van der Waals surface area contributed by atoms with E-state index in [0.717, 1.165) is 44.5 Å². The summed E-state index contributed by atoms with van der Waals surface area (Å²) < 4.78 is 36.3. The minimum absolute atomic E-state index is 0.456. The van der Waals surface area contributed by atoms with E-state index in [1.54, 1.807) is 12.5 Å². The molecular weight excluding hydrogens is 556 g/mol. The first kappa shape index (κ1) is 25.9. The largest absolute Gasteiger partial charge is 0.494 e. The van der Waals surface area contributed by atoms with Gasteiger partial charge >= 0.3 is 0 Å². The lowest BCUT2D eigenvalue weighted by Crippen LogP contribution is -2.17. The highest BCUT2D eigenvalue weighted by Gasteiger charge is 2.32. The van der Waals surface area contributed by atoms with Crippen molar-refractivity contribution in [1.29, 1.82) is 0 Å². The zero-order valence-electron chi connectivity index (χ0n) is 24.0. The molecule has 8 nitrogen and oxygen atoms in total. The maximum atomic E-state index is 6.61. The van der Waals surface area contributed by atoms with Gasteiger partial charge in [0, 0.05) is 11.1 Å². The Labute approximate surface area is 252 Å². The van der Waals surface area contributed by atoms with Crippen LogP contribution < -0.4 is 18.9 Å². The van der Waals surface area contributed by atoms with Gasteiger partial charge in [-0.1, -0.05) is 0 Å². The van der Waals surface area contributed by atoms with Crippen LogP contribution in [0.2, 0.25) is 0 Å². The minimum atomic E-state index is 0.456. The van der Waals surface area contributed by atoms with Crippen molar-refractivity contribution in [3.63, 3.8) is 0 Å². The molecule has 8 rings (SSSR count). The molecule has 0 amide bonds. The zero-order chi connectivity index (χ0) is 29.6. The monoisotopic (exact) mass is 582 g/mol. The number of ether oxygens (including phenoxy) is 4. The Hall–Kier alpha value is -5.76. The van der Waals surface area contributed by atoms with E-state index in [0.29, 0.717) is 59.4 Å². The van der Waals surface area contributed by atoms with Gasteiger partial charge in [-0.05, 0) is 98.8 Å². The Bertz CT molecular complexity index is 1910. The Kier molecular flexibility index (Phi) is 6.19. The quantitative estimate of drug-likeness (QED) is 0.178. The second-order valence-electron chi connectivity index (χ2n) is 10.2. The van der Waals surface area contributed by atoms with Crippen molar-refractivity contribution in [3.05, 3.63) is 109 Å². The molecule has 0 atom stereocenters. The van der Waals surface area contributed by atoms with E-state index in [4.69, 9.17) is 37.8 Å². The third kappa shape index (κ3) is 4.31. The fourth-order valence-corrected chi connectivity index (χ4v) is 5.58. The zero-order valence-corrected chi connectivity index (χ0v) is 24.0. The molecule has 0 saturated carbocycles. The number of hydrogen-bond acceptors (Lipinski definition) is 8. The van der Waals surface area contributed by atoms with E-state index < -0.39 is 0 Å². The fourth-order valence-electron chi connectivity index (χ4n) is 5.58. The van der Waals surface area contributed by atoms with Gasteiger partial charge in [0.2, 0.25) is 11.8 Å². The topological polar surface area (TPSA) is 87.9 Å². The van der Waals surface area contributed by atoms with Crippen LogP contribution in [-0.4, -0.2) is 25.0 Å². The van der Waals surface area contributed by atoms with Crippen molar-refractivity contribution in [2.24, 2.45) is 9.98 Å². The highest BCUT2D eigenvalue weighted by Crippen LogP contribution is 2.55. The first-order chi connectivity index (χ1) is 21.7. The molecule has 0 fully saturated rings. The van der Waals surface area contributed by atoms with Crippen molar-refractivity contribution >= 4 is 33.9 Å². The number of benzene rings is 4. The van der Waals surface area contributed by atoms with Gasteiger partial charge in [-0.15, -0.1) is 0 Å². The average molecular weight is 583 g/mol. The van der Waals surface area contributed by atoms with E-state index in [1.807, 2.05) is 98.8 Å². The van der Waals surface area contributed by atoms with Crippen LogP contribution >= 0.6 is 0 Å². The number of furan rings is 2. The van der Waals surface area contributed by atoms with Crippen molar-refractivity contribution in [3.8, 4) is 45.6 Å². The molecule has 2 aliphatic rings. The molecule has 2 aliphatic heterocycles. The summed E-state index contributed by atoms with van der Waals surface area (Å²) >= 11 is 0. The molecule has 0 unspecified atom stereocenters.